The average molecular weight is 260 g/mol. The van der Waals surface area contributed by atoms with Gasteiger partial charge in [-0.1, -0.05) is 17.7 Å². The molecule has 2 rings (SSSR count). The first-order valence-corrected chi connectivity index (χ1v) is 6.76. The predicted molar refractivity (Wildman–Crippen MR) is 77.2 cm³/mol. The molecule has 2 aromatic rings. The van der Waals surface area contributed by atoms with Gasteiger partial charge in [-0.25, -0.2) is 0 Å². The maximum Gasteiger partial charge on any atom is 0.246 e. The van der Waals surface area contributed by atoms with Crippen LogP contribution in [0.25, 0.3) is 0 Å². The Bertz CT molecular complexity index is 505. The van der Waals surface area contributed by atoms with Gasteiger partial charge in [0.2, 0.25) is 5.91 Å². The molecule has 3 nitrogen and oxygen atoms in total. The van der Waals surface area contributed by atoms with E-state index in [0.717, 1.165) is 11.4 Å². The highest BCUT2D eigenvalue weighted by molar-refractivity contribution is 7.08. The number of hydrogen-bond acceptors (Lipinski definition) is 3. The van der Waals surface area contributed by atoms with E-state index in [0.29, 0.717) is 0 Å². The molecule has 0 aliphatic heterocycles. The van der Waals surface area contributed by atoms with Crippen LogP contribution in [0.1, 0.15) is 12.5 Å². The summed E-state index contributed by atoms with van der Waals surface area (Å²) in [5.41, 5.74) is 2.98. The zero-order valence-electron chi connectivity index (χ0n) is 10.4. The van der Waals surface area contributed by atoms with Crippen LogP contribution >= 0.6 is 11.3 Å². The van der Waals surface area contributed by atoms with Crippen molar-refractivity contribution in [3.63, 3.8) is 0 Å². The van der Waals surface area contributed by atoms with Gasteiger partial charge in [0, 0.05) is 16.8 Å². The molecule has 1 amide bonds. The van der Waals surface area contributed by atoms with E-state index in [2.05, 4.69) is 10.6 Å². The molecule has 1 heterocycles. The molecular weight excluding hydrogens is 244 g/mol. The molecule has 1 aromatic carbocycles. The molecule has 0 aliphatic carbocycles. The number of nitrogens with one attached hydrogen (secondary N) is 2. The lowest BCUT2D eigenvalue weighted by Gasteiger charge is -2.14. The molecule has 18 heavy (non-hydrogen) atoms. The van der Waals surface area contributed by atoms with E-state index in [1.807, 2.05) is 54.9 Å². The first-order chi connectivity index (χ1) is 8.65. The fourth-order valence-corrected chi connectivity index (χ4v) is 2.15. The third-order valence-corrected chi connectivity index (χ3v) is 3.30. The number of anilines is 2. The van der Waals surface area contributed by atoms with Crippen LogP contribution in [-0.4, -0.2) is 11.9 Å². The van der Waals surface area contributed by atoms with Crippen molar-refractivity contribution >= 4 is 28.6 Å². The molecule has 0 aliphatic rings. The molecule has 0 radical (unpaired) electrons. The highest BCUT2D eigenvalue weighted by atomic mass is 32.1. The summed E-state index contributed by atoms with van der Waals surface area (Å²) in [6.45, 7) is 3.87. The SMILES string of the molecule is Cc1ccc(NC(=O)C(C)Nc2ccsc2)cc1. The maximum atomic E-state index is 12.0. The number of hydrogen-bond donors (Lipinski definition) is 2. The highest BCUT2D eigenvalue weighted by Gasteiger charge is 2.12. The van der Waals surface area contributed by atoms with E-state index >= 15 is 0 Å². The Balaban J connectivity index is 1.93. The van der Waals surface area contributed by atoms with Gasteiger partial charge in [-0.15, -0.1) is 0 Å². The van der Waals surface area contributed by atoms with E-state index in [9.17, 15) is 4.79 Å². The van der Waals surface area contributed by atoms with Crippen molar-refractivity contribution in [2.45, 2.75) is 19.9 Å². The van der Waals surface area contributed by atoms with Gasteiger partial charge in [0.15, 0.2) is 0 Å². The summed E-state index contributed by atoms with van der Waals surface area (Å²) < 4.78 is 0. The predicted octanol–water partition coefficient (Wildman–Crippen LogP) is 3.50. The molecular formula is C14H16N2OS. The third kappa shape index (κ3) is 3.34. The molecule has 0 bridgehead atoms. The molecule has 1 atom stereocenters. The first-order valence-electron chi connectivity index (χ1n) is 5.81. The number of carbonyl (C=O) groups excluding carboxylic acids is 1. The van der Waals surface area contributed by atoms with Crippen molar-refractivity contribution in [1.82, 2.24) is 0 Å². The van der Waals surface area contributed by atoms with Gasteiger partial charge in [-0.2, -0.15) is 11.3 Å². The Labute approximate surface area is 111 Å². The topological polar surface area (TPSA) is 41.1 Å². The Morgan fingerprint density at radius 1 is 1.17 bits per heavy atom. The lowest BCUT2D eigenvalue weighted by molar-refractivity contribution is -0.116. The van der Waals surface area contributed by atoms with Gasteiger partial charge >= 0.3 is 0 Å². The second-order valence-corrected chi connectivity index (χ2v) is 5.01. The number of thiophene rings is 1. The summed E-state index contributed by atoms with van der Waals surface area (Å²) >= 11 is 1.60. The summed E-state index contributed by atoms with van der Waals surface area (Å²) in [4.78, 5) is 12.0. The largest absolute Gasteiger partial charge is 0.373 e. The highest BCUT2D eigenvalue weighted by Crippen LogP contribution is 2.14. The van der Waals surface area contributed by atoms with Crippen LogP contribution in [0.15, 0.2) is 41.1 Å². The van der Waals surface area contributed by atoms with Gasteiger partial charge in [0.05, 0.1) is 0 Å². The van der Waals surface area contributed by atoms with E-state index in [4.69, 9.17) is 0 Å². The summed E-state index contributed by atoms with van der Waals surface area (Å²) in [6.07, 6.45) is 0. The van der Waals surface area contributed by atoms with Crippen molar-refractivity contribution in [1.29, 1.82) is 0 Å². The molecule has 1 aromatic heterocycles. The van der Waals surface area contributed by atoms with Crippen molar-refractivity contribution in [2.75, 3.05) is 10.6 Å². The zero-order valence-corrected chi connectivity index (χ0v) is 11.3. The maximum absolute atomic E-state index is 12.0. The number of amides is 1. The first kappa shape index (κ1) is 12.6. The summed E-state index contributed by atoms with van der Waals surface area (Å²) in [5.74, 6) is -0.0370. The van der Waals surface area contributed by atoms with Crippen LogP contribution in [0.4, 0.5) is 11.4 Å². The molecule has 0 saturated heterocycles. The second kappa shape index (κ2) is 5.69. The van der Waals surface area contributed by atoms with Gasteiger partial charge in [0.1, 0.15) is 6.04 Å². The molecule has 0 saturated carbocycles. The minimum absolute atomic E-state index is 0.0370. The average Bonchev–Trinajstić information content (AvgIpc) is 2.85. The van der Waals surface area contributed by atoms with Gasteiger partial charge in [-0.3, -0.25) is 4.79 Å². The number of aryl methyl sites for hydroxylation is 1. The Hall–Kier alpha value is -1.81. The van der Waals surface area contributed by atoms with Crippen molar-refractivity contribution in [3.8, 4) is 0 Å². The number of rotatable bonds is 4. The molecule has 1 unspecified atom stereocenters. The molecule has 2 N–H and O–H groups in total. The van der Waals surface area contributed by atoms with E-state index in [-0.39, 0.29) is 11.9 Å². The van der Waals surface area contributed by atoms with Crippen LogP contribution < -0.4 is 10.6 Å². The smallest absolute Gasteiger partial charge is 0.246 e. The lowest BCUT2D eigenvalue weighted by Crippen LogP contribution is -2.31. The second-order valence-electron chi connectivity index (χ2n) is 4.23. The third-order valence-electron chi connectivity index (χ3n) is 2.62. The fraction of sp³-hybridized carbons (Fsp3) is 0.214. The fourth-order valence-electron chi connectivity index (χ4n) is 1.55. The van der Waals surface area contributed by atoms with Crippen LogP contribution in [0.2, 0.25) is 0 Å². The summed E-state index contributed by atoms with van der Waals surface area (Å²) in [7, 11) is 0. The molecule has 94 valence electrons. The van der Waals surface area contributed by atoms with Gasteiger partial charge in [-0.05, 0) is 37.4 Å². The quantitative estimate of drug-likeness (QED) is 0.883. The van der Waals surface area contributed by atoms with Crippen molar-refractivity contribution < 1.29 is 4.79 Å². The Morgan fingerprint density at radius 2 is 1.89 bits per heavy atom. The summed E-state index contributed by atoms with van der Waals surface area (Å²) in [6, 6.07) is 9.47. The molecule has 0 spiro atoms. The van der Waals surface area contributed by atoms with Crippen molar-refractivity contribution in [2.24, 2.45) is 0 Å². The van der Waals surface area contributed by atoms with Crippen LogP contribution in [0.5, 0.6) is 0 Å². The van der Waals surface area contributed by atoms with Crippen LogP contribution in [-0.2, 0) is 4.79 Å². The number of benzene rings is 1. The van der Waals surface area contributed by atoms with Gasteiger partial charge < -0.3 is 10.6 Å². The van der Waals surface area contributed by atoms with E-state index < -0.39 is 0 Å². The minimum Gasteiger partial charge on any atom is -0.373 e. The lowest BCUT2D eigenvalue weighted by atomic mass is 10.2. The number of carbonyl (C=O) groups is 1. The van der Waals surface area contributed by atoms with E-state index in [1.54, 1.807) is 11.3 Å². The van der Waals surface area contributed by atoms with Crippen LogP contribution in [0, 0.1) is 6.92 Å². The Morgan fingerprint density at radius 3 is 2.50 bits per heavy atom. The van der Waals surface area contributed by atoms with Crippen molar-refractivity contribution in [3.05, 3.63) is 46.7 Å². The zero-order chi connectivity index (χ0) is 13.0. The van der Waals surface area contributed by atoms with Gasteiger partial charge in [0.25, 0.3) is 0 Å². The van der Waals surface area contributed by atoms with E-state index in [1.165, 1.54) is 5.56 Å². The summed E-state index contributed by atoms with van der Waals surface area (Å²) in [5, 5.41) is 10.00. The monoisotopic (exact) mass is 260 g/mol. The van der Waals surface area contributed by atoms with Crippen LogP contribution in [0.3, 0.4) is 0 Å². The molecule has 0 fully saturated rings. The minimum atomic E-state index is -0.263. The standard InChI is InChI=1S/C14H16N2OS/c1-10-3-5-12(6-4-10)16-14(17)11(2)15-13-7-8-18-9-13/h3-9,11,15H,1-2H3,(H,16,17). The Kier molecular flexibility index (Phi) is 3.99. The molecule has 4 heteroatoms. The normalized spacial score (nSPS) is 11.9.